The van der Waals surface area contributed by atoms with Gasteiger partial charge in [0.1, 0.15) is 19.2 Å². The van der Waals surface area contributed by atoms with Crippen LogP contribution < -0.4 is 15.5 Å². The van der Waals surface area contributed by atoms with Crippen molar-refractivity contribution < 1.29 is 4.79 Å². The van der Waals surface area contributed by atoms with E-state index in [2.05, 4.69) is 35.8 Å². The quantitative estimate of drug-likeness (QED) is 0.690. The van der Waals surface area contributed by atoms with Crippen LogP contribution in [0.3, 0.4) is 0 Å². The SMILES string of the molecule is O=C(Cn1cncn1)Nc1ccc(Nc2cc(N3CCCC3)cnn2)cc1. The highest BCUT2D eigenvalue weighted by atomic mass is 16.2. The standard InChI is InChI=1S/C18H20N8O/c27-18(11-26-13-19-12-21-26)23-15-5-3-14(4-6-15)22-17-9-16(10-20-24-17)25-7-1-2-8-25/h3-6,9-10,12-13H,1-2,7-8,11H2,(H,22,24)(H,23,27). The molecular formula is C18H20N8O. The van der Waals surface area contributed by atoms with Crippen molar-refractivity contribution in [1.82, 2.24) is 25.0 Å². The predicted octanol–water partition coefficient (Wildman–Crippen LogP) is 2.05. The number of carbonyl (C=O) groups is 1. The Kier molecular flexibility index (Phi) is 4.91. The Morgan fingerprint density at radius 3 is 2.63 bits per heavy atom. The monoisotopic (exact) mass is 364 g/mol. The van der Waals surface area contributed by atoms with E-state index < -0.39 is 0 Å². The molecule has 1 saturated heterocycles. The summed E-state index contributed by atoms with van der Waals surface area (Å²) in [7, 11) is 0. The Bertz CT molecular complexity index is 888. The van der Waals surface area contributed by atoms with E-state index in [1.54, 1.807) is 6.20 Å². The zero-order valence-corrected chi connectivity index (χ0v) is 14.7. The van der Waals surface area contributed by atoms with Crippen LogP contribution in [-0.2, 0) is 11.3 Å². The summed E-state index contributed by atoms with van der Waals surface area (Å²) in [6, 6.07) is 9.44. The molecule has 0 spiro atoms. The van der Waals surface area contributed by atoms with Crippen LogP contribution in [0.15, 0.2) is 49.2 Å². The van der Waals surface area contributed by atoms with Gasteiger partial charge >= 0.3 is 0 Å². The second-order valence-corrected chi connectivity index (χ2v) is 6.34. The molecular weight excluding hydrogens is 344 g/mol. The summed E-state index contributed by atoms with van der Waals surface area (Å²) in [4.78, 5) is 18.1. The van der Waals surface area contributed by atoms with E-state index in [0.717, 1.165) is 24.5 Å². The first-order valence-corrected chi connectivity index (χ1v) is 8.83. The third kappa shape index (κ3) is 4.38. The normalized spacial score (nSPS) is 13.6. The lowest BCUT2D eigenvalue weighted by molar-refractivity contribution is -0.116. The summed E-state index contributed by atoms with van der Waals surface area (Å²) >= 11 is 0. The molecule has 1 fully saturated rings. The zero-order chi connectivity index (χ0) is 18.5. The molecule has 1 aromatic carbocycles. The molecule has 1 amide bonds. The molecule has 0 atom stereocenters. The van der Waals surface area contributed by atoms with Gasteiger partial charge in [-0.3, -0.25) is 4.79 Å². The fraction of sp³-hybridized carbons (Fsp3) is 0.278. The molecule has 2 aromatic heterocycles. The minimum absolute atomic E-state index is 0.124. The van der Waals surface area contributed by atoms with E-state index >= 15 is 0 Å². The number of anilines is 4. The van der Waals surface area contributed by atoms with Crippen LogP contribution in [0.4, 0.5) is 22.9 Å². The molecule has 27 heavy (non-hydrogen) atoms. The van der Waals surface area contributed by atoms with Crippen LogP contribution in [0.1, 0.15) is 12.8 Å². The summed E-state index contributed by atoms with van der Waals surface area (Å²) in [5.74, 6) is 0.535. The minimum Gasteiger partial charge on any atom is -0.370 e. The molecule has 1 aliphatic rings. The van der Waals surface area contributed by atoms with E-state index in [1.807, 2.05) is 30.3 Å². The molecule has 9 nitrogen and oxygen atoms in total. The Labute approximate surface area is 156 Å². The molecule has 0 saturated carbocycles. The number of nitrogens with one attached hydrogen (secondary N) is 2. The summed E-state index contributed by atoms with van der Waals surface area (Å²) in [6.07, 6.45) is 7.13. The van der Waals surface area contributed by atoms with Crippen molar-refractivity contribution in [2.24, 2.45) is 0 Å². The van der Waals surface area contributed by atoms with E-state index in [1.165, 1.54) is 30.2 Å². The first kappa shape index (κ1) is 17.0. The number of rotatable bonds is 6. The number of carbonyl (C=O) groups excluding carboxylic acids is 1. The predicted molar refractivity (Wildman–Crippen MR) is 102 cm³/mol. The van der Waals surface area contributed by atoms with E-state index in [4.69, 9.17) is 0 Å². The summed E-state index contributed by atoms with van der Waals surface area (Å²) < 4.78 is 1.47. The lowest BCUT2D eigenvalue weighted by Crippen LogP contribution is -2.19. The Morgan fingerprint density at radius 2 is 1.89 bits per heavy atom. The molecule has 9 heteroatoms. The molecule has 0 aliphatic carbocycles. The molecule has 138 valence electrons. The van der Waals surface area contributed by atoms with Crippen molar-refractivity contribution in [3.63, 3.8) is 0 Å². The maximum absolute atomic E-state index is 12.0. The second kappa shape index (κ2) is 7.81. The lowest BCUT2D eigenvalue weighted by atomic mass is 10.2. The van der Waals surface area contributed by atoms with Crippen LogP contribution in [-0.4, -0.2) is 44.0 Å². The van der Waals surface area contributed by atoms with Gasteiger partial charge in [0, 0.05) is 30.5 Å². The van der Waals surface area contributed by atoms with Crippen LogP contribution in [0.5, 0.6) is 0 Å². The molecule has 0 bridgehead atoms. The van der Waals surface area contributed by atoms with Crippen molar-refractivity contribution in [3.05, 3.63) is 49.2 Å². The van der Waals surface area contributed by atoms with Gasteiger partial charge in [-0.15, -0.1) is 5.10 Å². The smallest absolute Gasteiger partial charge is 0.246 e. The number of nitrogens with zero attached hydrogens (tertiary/aromatic N) is 6. The zero-order valence-electron chi connectivity index (χ0n) is 14.7. The van der Waals surface area contributed by atoms with Crippen LogP contribution in [0.2, 0.25) is 0 Å². The first-order valence-electron chi connectivity index (χ1n) is 8.83. The Hall–Kier alpha value is -3.49. The van der Waals surface area contributed by atoms with Gasteiger partial charge in [0.15, 0.2) is 5.82 Å². The van der Waals surface area contributed by atoms with Gasteiger partial charge < -0.3 is 15.5 Å². The number of aromatic nitrogens is 5. The number of hydrogen-bond acceptors (Lipinski definition) is 7. The fourth-order valence-electron chi connectivity index (χ4n) is 3.01. The molecule has 4 rings (SSSR count). The Balaban J connectivity index is 1.36. The highest BCUT2D eigenvalue weighted by molar-refractivity contribution is 5.90. The third-order valence-electron chi connectivity index (χ3n) is 4.32. The molecule has 0 unspecified atom stereocenters. The second-order valence-electron chi connectivity index (χ2n) is 6.34. The van der Waals surface area contributed by atoms with Gasteiger partial charge in [-0.25, -0.2) is 9.67 Å². The van der Waals surface area contributed by atoms with Gasteiger partial charge in [-0.2, -0.15) is 10.2 Å². The van der Waals surface area contributed by atoms with Crippen molar-refractivity contribution >= 4 is 28.8 Å². The highest BCUT2D eigenvalue weighted by Gasteiger charge is 2.13. The molecule has 3 aromatic rings. The first-order chi connectivity index (χ1) is 13.3. The van der Waals surface area contributed by atoms with Gasteiger partial charge in [0.05, 0.1) is 11.9 Å². The van der Waals surface area contributed by atoms with Gasteiger partial charge in [-0.05, 0) is 37.1 Å². The average Bonchev–Trinajstić information content (AvgIpc) is 3.37. The van der Waals surface area contributed by atoms with Crippen molar-refractivity contribution in [1.29, 1.82) is 0 Å². The lowest BCUT2D eigenvalue weighted by Gasteiger charge is -2.17. The number of hydrogen-bond donors (Lipinski definition) is 2. The van der Waals surface area contributed by atoms with E-state index in [-0.39, 0.29) is 12.5 Å². The van der Waals surface area contributed by atoms with Gasteiger partial charge in [0.2, 0.25) is 5.91 Å². The largest absolute Gasteiger partial charge is 0.370 e. The van der Waals surface area contributed by atoms with Crippen molar-refractivity contribution in [2.45, 2.75) is 19.4 Å². The topological polar surface area (TPSA) is 101 Å². The number of benzene rings is 1. The van der Waals surface area contributed by atoms with Crippen LogP contribution in [0, 0.1) is 0 Å². The van der Waals surface area contributed by atoms with Gasteiger partial charge in [0.25, 0.3) is 0 Å². The van der Waals surface area contributed by atoms with Crippen molar-refractivity contribution in [3.8, 4) is 0 Å². The third-order valence-corrected chi connectivity index (χ3v) is 4.32. The number of amides is 1. The maximum Gasteiger partial charge on any atom is 0.246 e. The summed E-state index contributed by atoms with van der Waals surface area (Å²) in [5, 5.41) is 18.2. The van der Waals surface area contributed by atoms with Crippen LogP contribution in [0.25, 0.3) is 0 Å². The highest BCUT2D eigenvalue weighted by Crippen LogP contribution is 2.23. The van der Waals surface area contributed by atoms with Gasteiger partial charge in [-0.1, -0.05) is 0 Å². The average molecular weight is 364 g/mol. The maximum atomic E-state index is 12.0. The molecule has 2 N–H and O–H groups in total. The van der Waals surface area contributed by atoms with E-state index in [0.29, 0.717) is 11.5 Å². The molecule has 0 radical (unpaired) electrons. The summed E-state index contributed by atoms with van der Waals surface area (Å²) in [5.41, 5.74) is 2.67. The van der Waals surface area contributed by atoms with Crippen molar-refractivity contribution in [2.75, 3.05) is 28.6 Å². The Morgan fingerprint density at radius 1 is 1.11 bits per heavy atom. The molecule has 3 heterocycles. The van der Waals surface area contributed by atoms with E-state index in [9.17, 15) is 4.79 Å². The summed E-state index contributed by atoms with van der Waals surface area (Å²) in [6.45, 7) is 2.25. The molecule has 1 aliphatic heterocycles. The fourth-order valence-corrected chi connectivity index (χ4v) is 3.01. The van der Waals surface area contributed by atoms with Crippen LogP contribution >= 0.6 is 0 Å². The minimum atomic E-state index is -0.162.